The van der Waals surface area contributed by atoms with Crippen LogP contribution in [0, 0.1) is 0 Å². The average molecular weight is 224 g/mol. The van der Waals surface area contributed by atoms with Crippen LogP contribution in [0.1, 0.15) is 13.8 Å². The van der Waals surface area contributed by atoms with Gasteiger partial charge in [0.05, 0.1) is 0 Å². The van der Waals surface area contributed by atoms with Crippen molar-refractivity contribution in [2.45, 2.75) is 13.8 Å². The van der Waals surface area contributed by atoms with E-state index in [0.717, 1.165) is 13.8 Å². The van der Waals surface area contributed by atoms with Crippen LogP contribution in [0.25, 0.3) is 0 Å². The summed E-state index contributed by atoms with van der Waals surface area (Å²) in [7, 11) is 0. The maximum atomic E-state index is 8.89. The SMILES string of the molecule is CC(=O)[O-].CC(=O)[O-].NCCN.[Na+].[Na+]. The summed E-state index contributed by atoms with van der Waals surface area (Å²) in [6.45, 7) is 3.14. The van der Waals surface area contributed by atoms with Gasteiger partial charge in [-0.25, -0.2) is 0 Å². The molecule has 0 aliphatic rings. The maximum absolute atomic E-state index is 8.89. The number of carbonyl (C=O) groups excluding carboxylic acids is 2. The predicted octanol–water partition coefficient (Wildman–Crippen LogP) is -9.58. The standard InChI is InChI=1S/C2H8N2.2C2H4O2.2Na/c3-1-2-4;2*1-2(3)4;;/h1-4H2;2*1H3,(H,3,4);;/q;;;2*+1/p-2. The number of hydrogen-bond donors (Lipinski definition) is 2. The Kier molecular flexibility index (Phi) is 61.2. The quantitative estimate of drug-likeness (QED) is 0.425. The molecule has 0 aromatic rings. The largest absolute Gasteiger partial charge is 1.00 e. The molecule has 0 heterocycles. The van der Waals surface area contributed by atoms with Gasteiger partial charge in [-0.15, -0.1) is 0 Å². The summed E-state index contributed by atoms with van der Waals surface area (Å²) in [5.74, 6) is -2.17. The van der Waals surface area contributed by atoms with Gasteiger partial charge in [-0.2, -0.15) is 0 Å². The zero-order chi connectivity index (χ0) is 10.6. The van der Waals surface area contributed by atoms with Gasteiger partial charge in [0.15, 0.2) is 0 Å². The van der Waals surface area contributed by atoms with Gasteiger partial charge in [-0.1, -0.05) is 0 Å². The Labute approximate surface area is 128 Å². The summed E-state index contributed by atoms with van der Waals surface area (Å²) in [5.41, 5.74) is 9.81. The van der Waals surface area contributed by atoms with E-state index < -0.39 is 11.9 Å². The fourth-order valence-electron chi connectivity index (χ4n) is 0. The van der Waals surface area contributed by atoms with Crippen LogP contribution in [0.2, 0.25) is 0 Å². The molecule has 0 saturated heterocycles. The molecule has 0 aromatic heterocycles. The number of rotatable bonds is 1. The van der Waals surface area contributed by atoms with Crippen molar-refractivity contribution in [1.29, 1.82) is 0 Å². The summed E-state index contributed by atoms with van der Waals surface area (Å²) in [6, 6.07) is 0. The van der Waals surface area contributed by atoms with Gasteiger partial charge in [-0.3, -0.25) is 0 Å². The van der Waals surface area contributed by atoms with Crippen molar-refractivity contribution in [3.63, 3.8) is 0 Å². The molecule has 0 unspecified atom stereocenters. The fraction of sp³-hybridized carbons (Fsp3) is 0.667. The van der Waals surface area contributed by atoms with Crippen molar-refractivity contribution in [3.8, 4) is 0 Å². The molecule has 0 radical (unpaired) electrons. The Morgan fingerprint density at radius 1 is 0.929 bits per heavy atom. The summed E-state index contributed by atoms with van der Waals surface area (Å²) in [6.07, 6.45) is 0. The second kappa shape index (κ2) is 29.2. The molecule has 6 nitrogen and oxygen atoms in total. The van der Waals surface area contributed by atoms with Crippen molar-refractivity contribution < 1.29 is 78.9 Å². The first-order valence-electron chi connectivity index (χ1n) is 3.13. The van der Waals surface area contributed by atoms with Crippen molar-refractivity contribution in [2.24, 2.45) is 11.5 Å². The van der Waals surface area contributed by atoms with E-state index in [9.17, 15) is 0 Å². The number of hydrogen-bond acceptors (Lipinski definition) is 6. The zero-order valence-corrected chi connectivity index (χ0v) is 13.2. The van der Waals surface area contributed by atoms with E-state index in [0.29, 0.717) is 13.1 Å². The van der Waals surface area contributed by atoms with Crippen LogP contribution in [0.4, 0.5) is 0 Å². The van der Waals surface area contributed by atoms with Crippen LogP contribution in [0.5, 0.6) is 0 Å². The van der Waals surface area contributed by atoms with Crippen LogP contribution in [0.3, 0.4) is 0 Å². The molecule has 0 aliphatic heterocycles. The van der Waals surface area contributed by atoms with Crippen molar-refractivity contribution in [3.05, 3.63) is 0 Å². The molecule has 0 aromatic carbocycles. The van der Waals surface area contributed by atoms with Gasteiger partial charge in [-0.05, 0) is 13.8 Å². The summed E-state index contributed by atoms with van der Waals surface area (Å²) in [4.78, 5) is 17.8. The summed E-state index contributed by atoms with van der Waals surface area (Å²) in [5, 5.41) is 17.8. The molecule has 0 spiro atoms. The Balaban J connectivity index is -0.0000000270. The van der Waals surface area contributed by atoms with Gasteiger partial charge in [0.25, 0.3) is 0 Å². The molecule has 4 N–H and O–H groups in total. The average Bonchev–Trinajstić information content (AvgIpc) is 1.85. The maximum Gasteiger partial charge on any atom is 1.00 e. The van der Waals surface area contributed by atoms with Crippen LogP contribution in [-0.4, -0.2) is 25.0 Å². The first-order chi connectivity index (χ1) is 5.38. The number of carboxylic acid groups (broad SMARTS) is 2. The van der Waals surface area contributed by atoms with Crippen LogP contribution in [0.15, 0.2) is 0 Å². The third kappa shape index (κ3) is 523. The summed E-state index contributed by atoms with van der Waals surface area (Å²) >= 11 is 0. The van der Waals surface area contributed by atoms with Crippen molar-refractivity contribution in [1.82, 2.24) is 0 Å². The fourth-order valence-corrected chi connectivity index (χ4v) is 0. The minimum absolute atomic E-state index is 0. The minimum atomic E-state index is -1.08. The molecule has 0 atom stereocenters. The molecular weight excluding hydrogens is 210 g/mol. The number of aliphatic carboxylic acids is 2. The molecule has 0 amide bonds. The molecule has 0 bridgehead atoms. The Hall–Kier alpha value is 0.860. The molecular formula is C6H14N2Na2O4. The monoisotopic (exact) mass is 224 g/mol. The third-order valence-electron chi connectivity index (χ3n) is 0.167. The number of carbonyl (C=O) groups is 2. The van der Waals surface area contributed by atoms with Crippen LogP contribution in [-0.2, 0) is 9.59 Å². The normalized spacial score (nSPS) is 5.71. The number of nitrogens with two attached hydrogens (primary N) is 2. The second-order valence-electron chi connectivity index (χ2n) is 1.56. The molecule has 0 saturated carbocycles. The third-order valence-corrected chi connectivity index (χ3v) is 0.167. The van der Waals surface area contributed by atoms with E-state index in [1.807, 2.05) is 0 Å². The molecule has 74 valence electrons. The molecule has 0 fully saturated rings. The number of carboxylic acids is 2. The van der Waals surface area contributed by atoms with E-state index in [4.69, 9.17) is 31.3 Å². The molecule has 14 heavy (non-hydrogen) atoms. The Morgan fingerprint density at radius 3 is 1.00 bits per heavy atom. The van der Waals surface area contributed by atoms with E-state index in [2.05, 4.69) is 0 Å². The zero-order valence-electron chi connectivity index (χ0n) is 9.20. The van der Waals surface area contributed by atoms with Gasteiger partial charge in [0.1, 0.15) is 0 Å². The summed E-state index contributed by atoms with van der Waals surface area (Å²) < 4.78 is 0. The van der Waals surface area contributed by atoms with Crippen LogP contribution >= 0.6 is 0 Å². The van der Waals surface area contributed by atoms with Crippen LogP contribution < -0.4 is 80.8 Å². The van der Waals surface area contributed by atoms with Crippen molar-refractivity contribution >= 4 is 11.9 Å². The first-order valence-corrected chi connectivity index (χ1v) is 3.13. The smallest absolute Gasteiger partial charge is 0.550 e. The topological polar surface area (TPSA) is 132 Å². The van der Waals surface area contributed by atoms with Gasteiger partial charge in [0.2, 0.25) is 0 Å². The van der Waals surface area contributed by atoms with Gasteiger partial charge < -0.3 is 31.3 Å². The minimum Gasteiger partial charge on any atom is -0.550 e. The van der Waals surface area contributed by atoms with Gasteiger partial charge in [0, 0.05) is 25.0 Å². The van der Waals surface area contributed by atoms with E-state index in [-0.39, 0.29) is 59.1 Å². The van der Waals surface area contributed by atoms with E-state index in [1.165, 1.54) is 0 Å². The molecule has 0 aliphatic carbocycles. The van der Waals surface area contributed by atoms with Crippen molar-refractivity contribution in [2.75, 3.05) is 13.1 Å². The Morgan fingerprint density at radius 2 is 1.00 bits per heavy atom. The first kappa shape index (κ1) is 29.4. The van der Waals surface area contributed by atoms with E-state index >= 15 is 0 Å². The van der Waals surface area contributed by atoms with E-state index in [1.54, 1.807) is 0 Å². The molecule has 8 heteroatoms. The Bertz CT molecular complexity index is 102. The van der Waals surface area contributed by atoms with Gasteiger partial charge >= 0.3 is 59.1 Å². The molecule has 0 rings (SSSR count). The second-order valence-corrected chi connectivity index (χ2v) is 1.56. The predicted molar refractivity (Wildman–Crippen MR) is 39.5 cm³/mol.